The molecule has 1 rings (SSSR count). The molecule has 3 N–H and O–H groups in total. The topological polar surface area (TPSA) is 63.3 Å². The third kappa shape index (κ3) is 1.98. The van der Waals surface area contributed by atoms with Gasteiger partial charge in [-0.25, -0.2) is 4.79 Å². The quantitative estimate of drug-likeness (QED) is 0.602. The van der Waals surface area contributed by atoms with Gasteiger partial charge in [-0.3, -0.25) is 0 Å². The number of aromatic carboxylic acids is 1. The van der Waals surface area contributed by atoms with E-state index in [1.165, 1.54) is 0 Å². The summed E-state index contributed by atoms with van der Waals surface area (Å²) in [6, 6.07) is 1.58. The Balaban J connectivity index is 0.000000810. The number of carboxylic acid groups (broad SMARTS) is 1. The summed E-state index contributed by atoms with van der Waals surface area (Å²) in [5, 5.41) is 10.0. The first-order chi connectivity index (χ1) is 4.22. The Hall–Kier alpha value is -0.0300. The van der Waals surface area contributed by atoms with Crippen molar-refractivity contribution in [2.45, 2.75) is 0 Å². The van der Waals surface area contributed by atoms with Crippen LogP contribution in [-0.4, -0.2) is 40.6 Å². The van der Waals surface area contributed by atoms with Crippen LogP contribution in [0.5, 0.6) is 0 Å². The Morgan fingerprint density at radius 3 is 2.50 bits per heavy atom. The van der Waals surface area contributed by atoms with Crippen LogP contribution in [0.1, 0.15) is 9.67 Å². The standard InChI is InChI=1S/C5H5NO2S.Na/c6-3-1-2-9-4(3)5(7)8;/h1-2H,6H2,(H,7,8);. The third-order valence-electron chi connectivity index (χ3n) is 0.890. The van der Waals surface area contributed by atoms with Crippen LogP contribution in [-0.2, 0) is 0 Å². The molecule has 0 fully saturated rings. The molecule has 3 nitrogen and oxygen atoms in total. The number of carboxylic acids is 1. The summed E-state index contributed by atoms with van der Waals surface area (Å²) in [5.41, 5.74) is 5.61. The molecule has 0 aliphatic heterocycles. The minimum atomic E-state index is -0.956. The smallest absolute Gasteiger partial charge is 0.348 e. The SMILES string of the molecule is Nc1ccsc1C(=O)O.[Na]. The predicted molar refractivity (Wildman–Crippen MR) is 41.4 cm³/mol. The molecule has 0 saturated heterocycles. The molecule has 5 heteroatoms. The molecule has 0 aromatic carbocycles. The van der Waals surface area contributed by atoms with Gasteiger partial charge >= 0.3 is 5.97 Å². The molecule has 0 bridgehead atoms. The van der Waals surface area contributed by atoms with Crippen molar-refractivity contribution in [3.05, 3.63) is 16.3 Å². The molecule has 0 amide bonds. The number of hydrogen-bond donors (Lipinski definition) is 2. The maximum atomic E-state index is 10.2. The summed E-state index contributed by atoms with van der Waals surface area (Å²) in [6.45, 7) is 0. The number of nitrogen functional groups attached to an aromatic ring is 1. The second-order valence-electron chi connectivity index (χ2n) is 1.51. The number of anilines is 1. The zero-order chi connectivity index (χ0) is 6.85. The Morgan fingerprint density at radius 1 is 1.70 bits per heavy atom. The Kier molecular flexibility index (Phi) is 3.96. The van der Waals surface area contributed by atoms with Crippen molar-refractivity contribution < 1.29 is 9.90 Å². The van der Waals surface area contributed by atoms with Gasteiger partial charge in [0, 0.05) is 29.6 Å². The molecule has 0 unspecified atom stereocenters. The van der Waals surface area contributed by atoms with Gasteiger partial charge in [0.15, 0.2) is 0 Å². The second-order valence-corrected chi connectivity index (χ2v) is 2.43. The van der Waals surface area contributed by atoms with Crippen molar-refractivity contribution in [1.82, 2.24) is 0 Å². The molecule has 0 saturated carbocycles. The molecule has 10 heavy (non-hydrogen) atoms. The summed E-state index contributed by atoms with van der Waals surface area (Å²) < 4.78 is 0. The fourth-order valence-electron chi connectivity index (χ4n) is 0.493. The first kappa shape index (κ1) is 9.97. The van der Waals surface area contributed by atoms with E-state index < -0.39 is 5.97 Å². The zero-order valence-electron chi connectivity index (χ0n) is 5.50. The molecule has 0 aliphatic carbocycles. The van der Waals surface area contributed by atoms with Gasteiger partial charge in [0.1, 0.15) is 4.88 Å². The van der Waals surface area contributed by atoms with Crippen molar-refractivity contribution in [1.29, 1.82) is 0 Å². The molecule has 1 heterocycles. The largest absolute Gasteiger partial charge is 0.477 e. The van der Waals surface area contributed by atoms with Gasteiger partial charge in [0.2, 0.25) is 0 Å². The van der Waals surface area contributed by atoms with E-state index in [9.17, 15) is 4.79 Å². The number of carbonyl (C=O) groups is 1. The van der Waals surface area contributed by atoms with E-state index in [0.29, 0.717) is 5.69 Å². The van der Waals surface area contributed by atoms with Crippen LogP contribution in [0.2, 0.25) is 0 Å². The maximum Gasteiger partial charge on any atom is 0.348 e. The number of rotatable bonds is 1. The monoisotopic (exact) mass is 166 g/mol. The Bertz CT molecular complexity index is 235. The van der Waals surface area contributed by atoms with E-state index in [1.54, 1.807) is 11.4 Å². The number of hydrogen-bond acceptors (Lipinski definition) is 3. The van der Waals surface area contributed by atoms with Crippen LogP contribution in [0.3, 0.4) is 0 Å². The molecular weight excluding hydrogens is 161 g/mol. The molecule has 0 spiro atoms. The van der Waals surface area contributed by atoms with E-state index in [2.05, 4.69) is 0 Å². The molecule has 49 valence electrons. The summed E-state index contributed by atoms with van der Waals surface area (Å²) in [7, 11) is 0. The van der Waals surface area contributed by atoms with Gasteiger partial charge < -0.3 is 10.8 Å². The summed E-state index contributed by atoms with van der Waals surface area (Å²) >= 11 is 1.13. The van der Waals surface area contributed by atoms with E-state index in [-0.39, 0.29) is 34.4 Å². The van der Waals surface area contributed by atoms with Crippen molar-refractivity contribution in [3.8, 4) is 0 Å². The van der Waals surface area contributed by atoms with Crippen LogP contribution in [0.15, 0.2) is 11.4 Å². The molecule has 0 atom stereocenters. The van der Waals surface area contributed by atoms with Crippen LogP contribution in [0.25, 0.3) is 0 Å². The van der Waals surface area contributed by atoms with Crippen LogP contribution in [0, 0.1) is 0 Å². The van der Waals surface area contributed by atoms with Crippen molar-refractivity contribution in [3.63, 3.8) is 0 Å². The molecule has 1 aromatic rings. The predicted octanol–water partition coefficient (Wildman–Crippen LogP) is 0.648. The summed E-state index contributed by atoms with van der Waals surface area (Å²) in [6.07, 6.45) is 0. The first-order valence-electron chi connectivity index (χ1n) is 2.28. The summed E-state index contributed by atoms with van der Waals surface area (Å²) in [5.74, 6) is -0.956. The summed E-state index contributed by atoms with van der Waals surface area (Å²) in [4.78, 5) is 10.4. The molecule has 1 aromatic heterocycles. The number of nitrogens with two attached hydrogens (primary N) is 1. The van der Waals surface area contributed by atoms with Gasteiger partial charge in [-0.15, -0.1) is 11.3 Å². The zero-order valence-corrected chi connectivity index (χ0v) is 8.31. The second kappa shape index (κ2) is 3.98. The van der Waals surface area contributed by atoms with Gasteiger partial charge in [0.25, 0.3) is 0 Å². The van der Waals surface area contributed by atoms with E-state index in [4.69, 9.17) is 10.8 Å². The normalized spacial score (nSPS) is 8.40. The van der Waals surface area contributed by atoms with E-state index >= 15 is 0 Å². The van der Waals surface area contributed by atoms with Crippen molar-refractivity contribution in [2.24, 2.45) is 0 Å². The van der Waals surface area contributed by atoms with Gasteiger partial charge in [-0.2, -0.15) is 0 Å². The average molecular weight is 166 g/mol. The van der Waals surface area contributed by atoms with Crippen molar-refractivity contribution >= 4 is 52.6 Å². The Labute approximate surface area is 84.1 Å². The molecule has 0 aliphatic rings. The molecule has 1 radical (unpaired) electrons. The fourth-order valence-corrected chi connectivity index (χ4v) is 1.15. The van der Waals surface area contributed by atoms with Gasteiger partial charge in [-0.05, 0) is 11.4 Å². The molecular formula is C5H5NNaO2S. The maximum absolute atomic E-state index is 10.2. The fraction of sp³-hybridized carbons (Fsp3) is 0. The first-order valence-corrected chi connectivity index (χ1v) is 3.16. The van der Waals surface area contributed by atoms with Crippen molar-refractivity contribution in [2.75, 3.05) is 5.73 Å². The van der Waals surface area contributed by atoms with Crippen LogP contribution < -0.4 is 5.73 Å². The van der Waals surface area contributed by atoms with E-state index in [1.807, 2.05) is 0 Å². The third-order valence-corrected chi connectivity index (χ3v) is 1.81. The number of thiophene rings is 1. The van der Waals surface area contributed by atoms with Gasteiger partial charge in [0.05, 0.1) is 5.69 Å². The Morgan fingerprint density at radius 2 is 2.30 bits per heavy atom. The average Bonchev–Trinajstić information content (AvgIpc) is 2.13. The van der Waals surface area contributed by atoms with Gasteiger partial charge in [-0.1, -0.05) is 0 Å². The van der Waals surface area contributed by atoms with E-state index in [0.717, 1.165) is 11.3 Å². The minimum Gasteiger partial charge on any atom is -0.477 e. The van der Waals surface area contributed by atoms with Crippen LogP contribution >= 0.6 is 11.3 Å². The van der Waals surface area contributed by atoms with Crippen LogP contribution in [0.4, 0.5) is 5.69 Å². The minimum absolute atomic E-state index is 0.